The number of benzene rings is 3. The van der Waals surface area contributed by atoms with Gasteiger partial charge in [0.1, 0.15) is 18.2 Å². The van der Waals surface area contributed by atoms with Crippen LogP contribution < -0.4 is 9.64 Å². The first-order valence-corrected chi connectivity index (χ1v) is 9.91. The number of anilines is 1. The minimum absolute atomic E-state index is 0.102. The Morgan fingerprint density at radius 1 is 1.03 bits per heavy atom. The van der Waals surface area contributed by atoms with Crippen LogP contribution in [0.1, 0.15) is 29.2 Å². The molecule has 3 aromatic rings. The first kappa shape index (κ1) is 21.5. The number of hydrogen-bond acceptors (Lipinski definition) is 3. The number of hydrogen-bond donors (Lipinski definition) is 1. The molecule has 3 rings (SSSR count). The Balaban J connectivity index is 1.99. The van der Waals surface area contributed by atoms with Gasteiger partial charge in [-0.05, 0) is 42.7 Å². The van der Waals surface area contributed by atoms with Crippen LogP contribution in [0, 0.1) is 12.7 Å². The largest absolute Gasteiger partial charge is 0.491 e. The highest BCUT2D eigenvalue weighted by molar-refractivity contribution is 5.92. The summed E-state index contributed by atoms with van der Waals surface area (Å²) in [5.41, 5.74) is 4.31. The van der Waals surface area contributed by atoms with E-state index in [1.165, 1.54) is 19.1 Å². The van der Waals surface area contributed by atoms with E-state index < -0.39 is 5.82 Å². The van der Waals surface area contributed by atoms with Crippen molar-refractivity contribution in [3.05, 3.63) is 94.8 Å². The van der Waals surface area contributed by atoms with Crippen LogP contribution in [0.3, 0.4) is 0 Å². The van der Waals surface area contributed by atoms with E-state index in [9.17, 15) is 9.18 Å². The average molecular weight is 407 g/mol. The Morgan fingerprint density at radius 3 is 2.50 bits per heavy atom. The highest BCUT2D eigenvalue weighted by Gasteiger charge is 2.19. The monoisotopic (exact) mass is 407 g/mol. The lowest BCUT2D eigenvalue weighted by Gasteiger charge is -2.25. The lowest BCUT2D eigenvalue weighted by Crippen LogP contribution is -2.29. The number of aliphatic hydroxyl groups is 1. The van der Waals surface area contributed by atoms with Gasteiger partial charge in [-0.3, -0.25) is 4.79 Å². The molecule has 0 aliphatic rings. The number of halogens is 1. The van der Waals surface area contributed by atoms with Crippen molar-refractivity contribution in [2.24, 2.45) is 0 Å². The predicted molar refractivity (Wildman–Crippen MR) is 116 cm³/mol. The summed E-state index contributed by atoms with van der Waals surface area (Å²) in [5.74, 6) is 0.0143. The maximum Gasteiger partial charge on any atom is 0.224 e. The average Bonchev–Trinajstić information content (AvgIpc) is 2.73. The molecule has 0 saturated carbocycles. The van der Waals surface area contributed by atoms with Crippen molar-refractivity contribution >= 4 is 11.6 Å². The Kier molecular flexibility index (Phi) is 7.20. The Bertz CT molecular complexity index is 1000. The van der Waals surface area contributed by atoms with Gasteiger partial charge in [0.2, 0.25) is 5.91 Å². The molecule has 0 aromatic heterocycles. The van der Waals surface area contributed by atoms with Gasteiger partial charge in [0, 0.05) is 12.5 Å². The molecule has 5 heteroatoms. The Labute approximate surface area is 176 Å². The lowest BCUT2D eigenvalue weighted by molar-refractivity contribution is -0.116. The number of carbonyl (C=O) groups excluding carboxylic acids is 1. The van der Waals surface area contributed by atoms with Crippen molar-refractivity contribution in [1.82, 2.24) is 0 Å². The highest BCUT2D eigenvalue weighted by atomic mass is 19.1. The molecule has 1 N–H and O–H groups in total. The molecule has 0 radical (unpaired) electrons. The standard InChI is InChI=1S/C25H26FNO3/c1-18-8-11-25(30-13-12-28)22(14-18)17-27(19(2)29)24-16-23(26)10-9-21(24)15-20-6-4-3-5-7-20/h3-11,14,16,28H,12-13,15,17H2,1-2H3. The van der Waals surface area contributed by atoms with Gasteiger partial charge >= 0.3 is 0 Å². The van der Waals surface area contributed by atoms with E-state index >= 15 is 0 Å². The van der Waals surface area contributed by atoms with E-state index in [1.807, 2.05) is 55.5 Å². The quantitative estimate of drug-likeness (QED) is 0.591. The second-order valence-electron chi connectivity index (χ2n) is 7.22. The molecular weight excluding hydrogens is 381 g/mol. The number of ether oxygens (including phenoxy) is 1. The van der Waals surface area contributed by atoms with Crippen molar-refractivity contribution in [2.45, 2.75) is 26.8 Å². The van der Waals surface area contributed by atoms with Crippen LogP contribution in [-0.2, 0) is 17.8 Å². The lowest BCUT2D eigenvalue weighted by atomic mass is 10.0. The van der Waals surface area contributed by atoms with E-state index in [2.05, 4.69) is 0 Å². The summed E-state index contributed by atoms with van der Waals surface area (Å²) < 4.78 is 19.8. The third-order valence-corrected chi connectivity index (χ3v) is 4.85. The summed E-state index contributed by atoms with van der Waals surface area (Å²) in [5, 5.41) is 9.10. The van der Waals surface area contributed by atoms with E-state index in [1.54, 1.807) is 11.0 Å². The number of aryl methyl sites for hydroxylation is 1. The van der Waals surface area contributed by atoms with Gasteiger partial charge in [-0.2, -0.15) is 0 Å². The normalized spacial score (nSPS) is 10.7. The van der Waals surface area contributed by atoms with Crippen LogP contribution in [0.25, 0.3) is 0 Å². The fraction of sp³-hybridized carbons (Fsp3) is 0.240. The SMILES string of the molecule is CC(=O)N(Cc1cc(C)ccc1OCCO)c1cc(F)ccc1Cc1ccccc1. The van der Waals surface area contributed by atoms with E-state index in [4.69, 9.17) is 9.84 Å². The first-order chi connectivity index (χ1) is 14.5. The second kappa shape index (κ2) is 10.0. The third-order valence-electron chi connectivity index (χ3n) is 4.85. The van der Waals surface area contributed by atoms with Gasteiger partial charge in [-0.25, -0.2) is 4.39 Å². The van der Waals surface area contributed by atoms with Crippen LogP contribution in [0.4, 0.5) is 10.1 Å². The maximum atomic E-state index is 14.2. The highest BCUT2D eigenvalue weighted by Crippen LogP contribution is 2.29. The van der Waals surface area contributed by atoms with Gasteiger partial charge in [0.05, 0.1) is 18.8 Å². The fourth-order valence-corrected chi connectivity index (χ4v) is 3.42. The fourth-order valence-electron chi connectivity index (χ4n) is 3.42. The number of rotatable bonds is 8. The molecule has 0 spiro atoms. The molecule has 0 saturated heterocycles. The summed E-state index contributed by atoms with van der Waals surface area (Å²) in [4.78, 5) is 14.2. The van der Waals surface area contributed by atoms with Crippen molar-refractivity contribution in [3.63, 3.8) is 0 Å². The molecule has 30 heavy (non-hydrogen) atoms. The van der Waals surface area contributed by atoms with Gasteiger partial charge in [0.25, 0.3) is 0 Å². The number of aliphatic hydroxyl groups excluding tert-OH is 1. The summed E-state index contributed by atoms with van der Waals surface area (Å²) >= 11 is 0. The van der Waals surface area contributed by atoms with E-state index in [0.29, 0.717) is 17.9 Å². The Hall–Kier alpha value is -3.18. The van der Waals surface area contributed by atoms with Crippen LogP contribution in [0.5, 0.6) is 5.75 Å². The second-order valence-corrected chi connectivity index (χ2v) is 7.22. The molecule has 3 aromatic carbocycles. The minimum atomic E-state index is -0.394. The number of amides is 1. The van der Waals surface area contributed by atoms with Crippen LogP contribution in [0.2, 0.25) is 0 Å². The number of carbonyl (C=O) groups is 1. The molecule has 0 aliphatic carbocycles. The zero-order valence-electron chi connectivity index (χ0n) is 17.3. The summed E-state index contributed by atoms with van der Waals surface area (Å²) in [7, 11) is 0. The molecule has 0 fully saturated rings. The third kappa shape index (κ3) is 5.45. The molecule has 0 aliphatic heterocycles. The zero-order valence-corrected chi connectivity index (χ0v) is 17.3. The molecular formula is C25H26FNO3. The molecule has 0 unspecified atom stereocenters. The van der Waals surface area contributed by atoms with Crippen LogP contribution in [-0.4, -0.2) is 24.2 Å². The van der Waals surface area contributed by atoms with Gasteiger partial charge in [-0.1, -0.05) is 54.1 Å². The van der Waals surface area contributed by atoms with Gasteiger partial charge < -0.3 is 14.7 Å². The minimum Gasteiger partial charge on any atom is -0.491 e. The predicted octanol–water partition coefficient (Wildman–Crippen LogP) is 4.65. The van der Waals surface area contributed by atoms with E-state index in [-0.39, 0.29) is 25.7 Å². The first-order valence-electron chi connectivity index (χ1n) is 9.91. The van der Waals surface area contributed by atoms with Crippen molar-refractivity contribution in [3.8, 4) is 5.75 Å². The molecule has 1 amide bonds. The van der Waals surface area contributed by atoms with Crippen molar-refractivity contribution < 1.29 is 19.0 Å². The Morgan fingerprint density at radius 2 is 1.80 bits per heavy atom. The summed E-state index contributed by atoms with van der Waals surface area (Å²) in [6, 6.07) is 20.1. The van der Waals surface area contributed by atoms with Crippen molar-refractivity contribution in [1.29, 1.82) is 0 Å². The van der Waals surface area contributed by atoms with Gasteiger partial charge in [0.15, 0.2) is 0 Å². The van der Waals surface area contributed by atoms with Crippen LogP contribution in [0.15, 0.2) is 66.7 Å². The topological polar surface area (TPSA) is 49.8 Å². The molecule has 0 heterocycles. The zero-order chi connectivity index (χ0) is 21.5. The smallest absolute Gasteiger partial charge is 0.224 e. The number of nitrogens with zero attached hydrogens (tertiary/aromatic N) is 1. The molecule has 0 atom stereocenters. The van der Waals surface area contributed by atoms with Crippen LogP contribution >= 0.6 is 0 Å². The molecule has 156 valence electrons. The summed E-state index contributed by atoms with van der Waals surface area (Å²) in [6.07, 6.45) is 0.585. The summed E-state index contributed by atoms with van der Waals surface area (Å²) in [6.45, 7) is 3.73. The van der Waals surface area contributed by atoms with Crippen molar-refractivity contribution in [2.75, 3.05) is 18.1 Å². The van der Waals surface area contributed by atoms with E-state index in [0.717, 1.165) is 22.3 Å². The van der Waals surface area contributed by atoms with Gasteiger partial charge in [-0.15, -0.1) is 0 Å². The molecule has 4 nitrogen and oxygen atoms in total. The molecule has 0 bridgehead atoms. The maximum absolute atomic E-state index is 14.2.